The summed E-state index contributed by atoms with van der Waals surface area (Å²) in [6, 6.07) is 7.86. The molecule has 2 aromatic rings. The second kappa shape index (κ2) is 6.86. The lowest BCUT2D eigenvalue weighted by molar-refractivity contribution is -0.188. The van der Waals surface area contributed by atoms with Crippen molar-refractivity contribution in [2.75, 3.05) is 19.7 Å². The maximum atomic E-state index is 12.4. The van der Waals surface area contributed by atoms with Gasteiger partial charge in [-0.1, -0.05) is 6.07 Å². The van der Waals surface area contributed by atoms with Crippen molar-refractivity contribution in [1.82, 2.24) is 9.88 Å². The predicted octanol–water partition coefficient (Wildman–Crippen LogP) is 3.04. The van der Waals surface area contributed by atoms with Crippen LogP contribution in [0.2, 0.25) is 0 Å². The average Bonchev–Trinajstić information content (AvgIpc) is 3.12. The molecule has 2 saturated heterocycles. The van der Waals surface area contributed by atoms with Crippen molar-refractivity contribution in [1.29, 1.82) is 0 Å². The lowest BCUT2D eigenvalue weighted by Crippen LogP contribution is -2.67. The number of carbonyl (C=O) groups excluding carboxylic acids is 1. The number of ether oxygens (including phenoxy) is 2. The van der Waals surface area contributed by atoms with Crippen LogP contribution < -0.4 is 0 Å². The number of aryl methyl sites for hydroxylation is 1. The van der Waals surface area contributed by atoms with Gasteiger partial charge in [-0.15, -0.1) is 0 Å². The Kier molecular flexibility index (Phi) is 4.58. The smallest absolute Gasteiger partial charge is 0.254 e. The van der Waals surface area contributed by atoms with Crippen molar-refractivity contribution in [3.63, 3.8) is 0 Å². The third-order valence-electron chi connectivity index (χ3n) is 4.87. The molecular weight excluding hydrogens is 336 g/mol. The highest BCUT2D eigenvalue weighted by Gasteiger charge is 2.49. The van der Waals surface area contributed by atoms with E-state index in [2.05, 4.69) is 4.98 Å². The molecule has 0 bridgehead atoms. The van der Waals surface area contributed by atoms with Crippen molar-refractivity contribution < 1.29 is 14.3 Å². The third kappa shape index (κ3) is 3.61. The summed E-state index contributed by atoms with van der Waals surface area (Å²) in [6.07, 6.45) is 1.90. The molecule has 0 aliphatic carbocycles. The van der Waals surface area contributed by atoms with E-state index < -0.39 is 0 Å². The number of nitrogens with zero attached hydrogens (tertiary/aromatic N) is 2. The third-order valence-corrected chi connectivity index (χ3v) is 5.56. The molecule has 1 atom stereocenters. The zero-order valence-electron chi connectivity index (χ0n) is 14.3. The summed E-state index contributed by atoms with van der Waals surface area (Å²) in [6.45, 7) is 4.52. The van der Waals surface area contributed by atoms with Crippen LogP contribution in [-0.4, -0.2) is 47.2 Å². The number of pyridine rings is 1. The Labute approximate surface area is 151 Å². The first-order valence-electron chi connectivity index (χ1n) is 8.63. The maximum absolute atomic E-state index is 12.4. The van der Waals surface area contributed by atoms with Crippen LogP contribution in [0.3, 0.4) is 0 Å². The van der Waals surface area contributed by atoms with Gasteiger partial charge in [-0.3, -0.25) is 9.78 Å². The molecule has 1 spiro atoms. The van der Waals surface area contributed by atoms with E-state index in [4.69, 9.17) is 9.47 Å². The number of aromatic nitrogens is 1. The van der Waals surface area contributed by atoms with Crippen LogP contribution in [0.1, 0.15) is 34.6 Å². The molecule has 25 heavy (non-hydrogen) atoms. The molecule has 2 aromatic heterocycles. The summed E-state index contributed by atoms with van der Waals surface area (Å²) >= 11 is 1.55. The van der Waals surface area contributed by atoms with Crippen molar-refractivity contribution >= 4 is 17.2 Å². The van der Waals surface area contributed by atoms with Crippen LogP contribution in [0.15, 0.2) is 35.0 Å². The molecule has 0 aromatic carbocycles. The minimum absolute atomic E-state index is 0.0995. The Balaban J connectivity index is 1.31. The van der Waals surface area contributed by atoms with Crippen LogP contribution in [0.25, 0.3) is 0 Å². The molecule has 132 valence electrons. The van der Waals surface area contributed by atoms with Crippen LogP contribution in [-0.2, 0) is 16.1 Å². The van der Waals surface area contributed by atoms with Gasteiger partial charge in [0.15, 0.2) is 0 Å². The molecular formula is C19H22N2O3S. The van der Waals surface area contributed by atoms with Crippen LogP contribution in [0.4, 0.5) is 0 Å². The van der Waals surface area contributed by atoms with Crippen molar-refractivity contribution in [2.24, 2.45) is 0 Å². The molecule has 2 fully saturated rings. The van der Waals surface area contributed by atoms with Crippen LogP contribution in [0, 0.1) is 6.92 Å². The molecule has 0 N–H and O–H groups in total. The normalized spacial score (nSPS) is 22.0. The number of amides is 1. The van der Waals surface area contributed by atoms with E-state index in [1.165, 1.54) is 0 Å². The van der Waals surface area contributed by atoms with Crippen molar-refractivity contribution in [3.8, 4) is 0 Å². The van der Waals surface area contributed by atoms with E-state index in [0.29, 0.717) is 26.3 Å². The van der Waals surface area contributed by atoms with Gasteiger partial charge in [-0.25, -0.2) is 0 Å². The molecule has 4 rings (SSSR count). The Morgan fingerprint density at radius 1 is 1.44 bits per heavy atom. The fraction of sp³-hybridized carbons (Fsp3) is 0.474. The van der Waals surface area contributed by atoms with Gasteiger partial charge in [-0.2, -0.15) is 11.3 Å². The lowest BCUT2D eigenvalue weighted by Gasteiger charge is -2.52. The summed E-state index contributed by atoms with van der Waals surface area (Å²) in [5, 5.41) is 3.83. The summed E-state index contributed by atoms with van der Waals surface area (Å²) in [5.41, 5.74) is 2.51. The van der Waals surface area contributed by atoms with Gasteiger partial charge in [0.2, 0.25) is 0 Å². The van der Waals surface area contributed by atoms with Gasteiger partial charge in [0.25, 0.3) is 5.91 Å². The Morgan fingerprint density at radius 3 is 3.08 bits per heavy atom. The van der Waals surface area contributed by atoms with Crippen LogP contribution >= 0.6 is 11.3 Å². The highest BCUT2D eigenvalue weighted by atomic mass is 32.1. The van der Waals surface area contributed by atoms with Gasteiger partial charge in [0.1, 0.15) is 5.60 Å². The quantitative estimate of drug-likeness (QED) is 0.843. The van der Waals surface area contributed by atoms with Gasteiger partial charge in [0.05, 0.1) is 37.1 Å². The second-order valence-electron chi connectivity index (χ2n) is 6.90. The van der Waals surface area contributed by atoms with Crippen molar-refractivity contribution in [3.05, 3.63) is 52.0 Å². The second-order valence-corrected chi connectivity index (χ2v) is 7.68. The molecule has 1 amide bonds. The maximum Gasteiger partial charge on any atom is 0.254 e. The van der Waals surface area contributed by atoms with Gasteiger partial charge < -0.3 is 14.4 Å². The van der Waals surface area contributed by atoms with Gasteiger partial charge >= 0.3 is 0 Å². The molecule has 2 aliphatic heterocycles. The first-order chi connectivity index (χ1) is 12.1. The Hall–Kier alpha value is -1.76. The molecule has 6 heteroatoms. The van der Waals surface area contributed by atoms with E-state index in [9.17, 15) is 4.79 Å². The van der Waals surface area contributed by atoms with Gasteiger partial charge in [-0.05, 0) is 36.9 Å². The zero-order valence-corrected chi connectivity index (χ0v) is 15.1. The van der Waals surface area contributed by atoms with E-state index >= 15 is 0 Å². The Morgan fingerprint density at radius 2 is 2.32 bits per heavy atom. The first-order valence-corrected chi connectivity index (χ1v) is 9.57. The average molecular weight is 358 g/mol. The number of hydrogen-bond acceptors (Lipinski definition) is 5. The van der Waals surface area contributed by atoms with E-state index in [-0.39, 0.29) is 17.6 Å². The summed E-state index contributed by atoms with van der Waals surface area (Å²) in [7, 11) is 0. The lowest BCUT2D eigenvalue weighted by atomic mass is 9.84. The van der Waals surface area contributed by atoms with Crippen LogP contribution in [0.5, 0.6) is 0 Å². The minimum Gasteiger partial charge on any atom is -0.372 e. The number of hydrogen-bond donors (Lipinski definition) is 0. The van der Waals surface area contributed by atoms with E-state index in [1.54, 1.807) is 11.3 Å². The highest BCUT2D eigenvalue weighted by Crippen LogP contribution is 2.36. The Bertz CT molecular complexity index is 741. The topological polar surface area (TPSA) is 51.7 Å². The van der Waals surface area contributed by atoms with E-state index in [0.717, 1.165) is 29.8 Å². The number of thiophene rings is 1. The molecule has 4 heterocycles. The van der Waals surface area contributed by atoms with Crippen molar-refractivity contribution in [2.45, 2.75) is 38.1 Å². The fourth-order valence-electron chi connectivity index (χ4n) is 3.59. The van der Waals surface area contributed by atoms with Gasteiger partial charge in [0, 0.05) is 24.1 Å². The fourth-order valence-corrected chi connectivity index (χ4v) is 4.22. The molecule has 5 nitrogen and oxygen atoms in total. The number of carbonyl (C=O) groups is 1. The monoisotopic (exact) mass is 358 g/mol. The zero-order chi connectivity index (χ0) is 17.3. The molecule has 0 unspecified atom stereocenters. The number of likely N-dealkylation sites (tertiary alicyclic amines) is 1. The molecule has 0 radical (unpaired) electrons. The SMILES string of the molecule is Cc1cccc(CO[C@@H]2CCOC3(C2)CN(C(=O)c2ccsc2)C3)n1. The summed E-state index contributed by atoms with van der Waals surface area (Å²) in [4.78, 5) is 18.7. The summed E-state index contributed by atoms with van der Waals surface area (Å²) in [5.74, 6) is 0.0995. The predicted molar refractivity (Wildman–Crippen MR) is 95.7 cm³/mol. The largest absolute Gasteiger partial charge is 0.372 e. The molecule has 0 saturated carbocycles. The highest BCUT2D eigenvalue weighted by molar-refractivity contribution is 7.08. The standard InChI is InChI=1S/C19H22N2O3S/c1-14-3-2-4-16(20-14)10-23-17-5-7-24-19(9-17)12-21(13-19)18(22)15-6-8-25-11-15/h2-4,6,8,11,17H,5,7,9-10,12-13H2,1H3/t17-/m1/s1. The van der Waals surface area contributed by atoms with E-state index in [1.807, 2.05) is 46.8 Å². The first kappa shape index (κ1) is 16.7. The number of rotatable bonds is 4. The summed E-state index contributed by atoms with van der Waals surface area (Å²) < 4.78 is 12.1. The minimum atomic E-state index is -0.228. The molecule has 2 aliphatic rings.